The van der Waals surface area contributed by atoms with Crippen molar-refractivity contribution < 1.29 is 14.1 Å². The molecule has 2 fully saturated rings. The number of nitrogens with zero attached hydrogens (tertiary/aromatic N) is 1. The van der Waals surface area contributed by atoms with Gasteiger partial charge in [-0.15, -0.1) is 0 Å². The van der Waals surface area contributed by atoms with Crippen LogP contribution in [0.1, 0.15) is 57.2 Å². The van der Waals surface area contributed by atoms with Gasteiger partial charge in [-0.3, -0.25) is 9.69 Å². The highest BCUT2D eigenvalue weighted by molar-refractivity contribution is 6.62. The highest BCUT2D eigenvalue weighted by Crippen LogP contribution is 2.39. The van der Waals surface area contributed by atoms with Gasteiger partial charge in [0.2, 0.25) is 0 Å². The van der Waals surface area contributed by atoms with E-state index in [2.05, 4.69) is 39.8 Å². The molecule has 200 valence electrons. The van der Waals surface area contributed by atoms with E-state index in [4.69, 9.17) is 9.31 Å². The van der Waals surface area contributed by atoms with E-state index in [0.29, 0.717) is 5.57 Å². The lowest BCUT2D eigenvalue weighted by Crippen LogP contribution is -2.41. The van der Waals surface area contributed by atoms with Crippen molar-refractivity contribution in [3.8, 4) is 0 Å². The van der Waals surface area contributed by atoms with E-state index in [1.54, 1.807) is 0 Å². The molecule has 6 nitrogen and oxygen atoms in total. The summed E-state index contributed by atoms with van der Waals surface area (Å²) in [5.41, 5.74) is 6.25. The van der Waals surface area contributed by atoms with Gasteiger partial charge < -0.3 is 19.9 Å². The maximum Gasteiger partial charge on any atom is 0.494 e. The zero-order valence-corrected chi connectivity index (χ0v) is 23.2. The lowest BCUT2D eigenvalue weighted by molar-refractivity contribution is -0.110. The lowest BCUT2D eigenvalue weighted by atomic mass is 9.78. The number of carbonyl (C=O) groups excluding carboxylic acids is 1. The van der Waals surface area contributed by atoms with Crippen LogP contribution in [0.3, 0.4) is 0 Å². The summed E-state index contributed by atoms with van der Waals surface area (Å²) in [6.07, 6.45) is 2.54. The molecule has 6 rings (SSSR count). The number of likely N-dealkylation sites (tertiary alicyclic amines) is 1. The first-order valence-corrected chi connectivity index (χ1v) is 13.9. The summed E-state index contributed by atoms with van der Waals surface area (Å²) in [4.78, 5) is 16.0. The van der Waals surface area contributed by atoms with E-state index in [1.165, 1.54) is 18.4 Å². The maximum absolute atomic E-state index is 13.5. The van der Waals surface area contributed by atoms with Gasteiger partial charge in [0.05, 0.1) is 22.5 Å². The number of nitrogens with one attached hydrogen (secondary N) is 2. The molecule has 39 heavy (non-hydrogen) atoms. The van der Waals surface area contributed by atoms with E-state index < -0.39 is 18.3 Å². The molecule has 3 aromatic carbocycles. The summed E-state index contributed by atoms with van der Waals surface area (Å²) >= 11 is 0. The van der Waals surface area contributed by atoms with Crippen LogP contribution in [0.2, 0.25) is 0 Å². The van der Waals surface area contributed by atoms with Gasteiger partial charge in [-0.2, -0.15) is 0 Å². The van der Waals surface area contributed by atoms with Gasteiger partial charge in [-0.05, 0) is 88.4 Å². The molecule has 0 saturated carbocycles. The van der Waals surface area contributed by atoms with Crippen LogP contribution in [0, 0.1) is 0 Å². The number of amides is 1. The second-order valence-corrected chi connectivity index (χ2v) is 11.8. The Morgan fingerprint density at radius 3 is 2.36 bits per heavy atom. The van der Waals surface area contributed by atoms with Crippen LogP contribution in [-0.4, -0.2) is 42.2 Å². The number of fused-ring (bicyclic) bond motifs is 1. The summed E-state index contributed by atoms with van der Waals surface area (Å²) in [6.45, 7) is 11.4. The van der Waals surface area contributed by atoms with Crippen LogP contribution in [-0.2, 0) is 20.6 Å². The van der Waals surface area contributed by atoms with Crippen molar-refractivity contribution in [2.75, 3.05) is 23.7 Å². The summed E-state index contributed by atoms with van der Waals surface area (Å²) in [6, 6.07) is 24.5. The van der Waals surface area contributed by atoms with E-state index >= 15 is 0 Å². The second-order valence-electron chi connectivity index (χ2n) is 11.8. The standard InChI is InChI=1S/C32H36BN3O3/c1-31(2)32(3,4)39-33(38-31)24-15-16-26-27(20-24)35-30(37)28(26)29(23-12-6-5-7-13-23)34-25-14-10-11-22(19-25)21-36-17-8-9-18-36/h5-7,10-16,19-20,34H,8-9,17-18,21H2,1-4H3,(H,35,37)/b29-28-. The lowest BCUT2D eigenvalue weighted by Gasteiger charge is -2.32. The Hall–Kier alpha value is -3.39. The molecule has 0 aliphatic carbocycles. The summed E-state index contributed by atoms with van der Waals surface area (Å²) in [5, 5.41) is 6.71. The molecule has 0 unspecified atom stereocenters. The smallest absolute Gasteiger partial charge is 0.399 e. The Bertz CT molecular complexity index is 1410. The summed E-state index contributed by atoms with van der Waals surface area (Å²) in [5.74, 6) is -0.129. The minimum absolute atomic E-state index is 0.129. The number of anilines is 2. The Balaban J connectivity index is 1.36. The molecular weight excluding hydrogens is 485 g/mol. The first kappa shape index (κ1) is 25.9. The molecule has 0 atom stereocenters. The average Bonchev–Trinajstić information content (AvgIpc) is 3.59. The molecule has 2 saturated heterocycles. The SMILES string of the molecule is CC1(C)OB(c2ccc3c(c2)NC(=O)/C3=C(\Nc2cccc(CN3CCCC3)c2)c2ccccc2)OC1(C)C. The molecule has 0 radical (unpaired) electrons. The van der Waals surface area contributed by atoms with Gasteiger partial charge in [-0.1, -0.05) is 54.6 Å². The predicted octanol–water partition coefficient (Wildman–Crippen LogP) is 5.51. The summed E-state index contributed by atoms with van der Waals surface area (Å²) in [7, 11) is -0.490. The number of rotatable bonds is 6. The van der Waals surface area contributed by atoms with Gasteiger partial charge >= 0.3 is 7.12 Å². The van der Waals surface area contributed by atoms with Gasteiger partial charge in [-0.25, -0.2) is 0 Å². The molecule has 2 N–H and O–H groups in total. The minimum Gasteiger partial charge on any atom is -0.399 e. The monoisotopic (exact) mass is 521 g/mol. The predicted molar refractivity (Wildman–Crippen MR) is 159 cm³/mol. The third-order valence-electron chi connectivity index (χ3n) is 8.43. The molecule has 1 amide bonds. The zero-order valence-electron chi connectivity index (χ0n) is 23.2. The van der Waals surface area contributed by atoms with Crippen molar-refractivity contribution >= 4 is 41.1 Å². The van der Waals surface area contributed by atoms with Crippen molar-refractivity contribution in [3.63, 3.8) is 0 Å². The Kier molecular flexibility index (Phi) is 6.62. The van der Waals surface area contributed by atoms with Crippen LogP contribution in [0.5, 0.6) is 0 Å². The fraction of sp³-hybridized carbons (Fsp3) is 0.344. The van der Waals surface area contributed by atoms with Crippen LogP contribution >= 0.6 is 0 Å². The maximum atomic E-state index is 13.5. The molecule has 3 aromatic rings. The minimum atomic E-state index is -0.490. The average molecular weight is 521 g/mol. The van der Waals surface area contributed by atoms with Crippen molar-refractivity contribution in [1.29, 1.82) is 0 Å². The zero-order chi connectivity index (χ0) is 27.2. The second kappa shape index (κ2) is 9.98. The number of benzene rings is 3. The van der Waals surface area contributed by atoms with E-state index in [-0.39, 0.29) is 5.91 Å². The van der Waals surface area contributed by atoms with Crippen molar-refractivity contribution in [1.82, 2.24) is 4.90 Å². The van der Waals surface area contributed by atoms with E-state index in [1.807, 2.05) is 76.2 Å². The third-order valence-corrected chi connectivity index (χ3v) is 8.43. The molecular formula is C32H36BN3O3. The van der Waals surface area contributed by atoms with Crippen molar-refractivity contribution in [2.45, 2.75) is 58.3 Å². The van der Waals surface area contributed by atoms with E-state index in [0.717, 1.165) is 53.3 Å². The topological polar surface area (TPSA) is 62.8 Å². The highest BCUT2D eigenvalue weighted by atomic mass is 16.7. The Morgan fingerprint density at radius 1 is 0.923 bits per heavy atom. The van der Waals surface area contributed by atoms with Crippen LogP contribution < -0.4 is 16.1 Å². The van der Waals surface area contributed by atoms with Gasteiger partial charge in [0.25, 0.3) is 5.91 Å². The Labute approximate surface area is 231 Å². The molecule has 0 spiro atoms. The molecule has 0 aromatic heterocycles. The first-order chi connectivity index (χ1) is 18.7. The molecule has 0 bridgehead atoms. The fourth-order valence-electron chi connectivity index (χ4n) is 5.54. The normalized spacial score (nSPS) is 21.1. The molecule has 3 aliphatic rings. The van der Waals surface area contributed by atoms with Gasteiger partial charge in [0.1, 0.15) is 0 Å². The van der Waals surface area contributed by atoms with Crippen LogP contribution in [0.4, 0.5) is 11.4 Å². The highest BCUT2D eigenvalue weighted by Gasteiger charge is 2.52. The summed E-state index contributed by atoms with van der Waals surface area (Å²) < 4.78 is 12.5. The fourth-order valence-corrected chi connectivity index (χ4v) is 5.54. The van der Waals surface area contributed by atoms with Crippen molar-refractivity contribution in [2.24, 2.45) is 0 Å². The van der Waals surface area contributed by atoms with Crippen molar-refractivity contribution in [3.05, 3.63) is 89.5 Å². The van der Waals surface area contributed by atoms with Crippen LogP contribution in [0.15, 0.2) is 72.8 Å². The number of hydrogen-bond donors (Lipinski definition) is 2. The van der Waals surface area contributed by atoms with Crippen LogP contribution in [0.25, 0.3) is 11.3 Å². The number of carbonyl (C=O) groups is 1. The quantitative estimate of drug-likeness (QED) is 0.331. The largest absolute Gasteiger partial charge is 0.494 e. The first-order valence-electron chi connectivity index (χ1n) is 13.9. The molecule has 3 heterocycles. The third kappa shape index (κ3) is 5.02. The van der Waals surface area contributed by atoms with E-state index in [9.17, 15) is 4.79 Å². The van der Waals surface area contributed by atoms with Gasteiger partial charge in [0.15, 0.2) is 0 Å². The Morgan fingerprint density at radius 2 is 1.64 bits per heavy atom. The molecule has 3 aliphatic heterocycles. The molecule has 7 heteroatoms. The van der Waals surface area contributed by atoms with Gasteiger partial charge in [0, 0.05) is 23.5 Å². The number of hydrogen-bond acceptors (Lipinski definition) is 5.